The van der Waals surface area contributed by atoms with Crippen LogP contribution in [0.4, 0.5) is 0 Å². The third kappa shape index (κ3) is 3.36. The first-order chi connectivity index (χ1) is 19.6. The molecule has 4 aromatic carbocycles. The summed E-state index contributed by atoms with van der Waals surface area (Å²) in [6.45, 7) is 5.64. The van der Waals surface area contributed by atoms with Crippen molar-refractivity contribution in [3.05, 3.63) is 96.2 Å². The molecule has 1 aromatic heterocycles. The minimum Gasteiger partial charge on any atom is -0.497 e. The predicted molar refractivity (Wildman–Crippen MR) is 161 cm³/mol. The van der Waals surface area contributed by atoms with E-state index < -0.39 is 6.10 Å². The highest BCUT2D eigenvalue weighted by atomic mass is 16.5. The molecule has 4 unspecified atom stereocenters. The maximum Gasteiger partial charge on any atom is 0.131 e. The topological polar surface area (TPSA) is 42.4 Å². The largest absolute Gasteiger partial charge is 0.497 e. The number of piperidine rings is 2. The molecule has 1 N–H and O–H groups in total. The summed E-state index contributed by atoms with van der Waals surface area (Å²) in [5.74, 6) is 2.40. The number of pyridine rings is 1. The first kappa shape index (κ1) is 24.3. The number of aliphatic hydroxyl groups excluding tert-OH is 1. The number of hydrogen-bond donors (Lipinski definition) is 1. The van der Waals surface area contributed by atoms with Crippen LogP contribution in [0.25, 0.3) is 32.4 Å². The van der Waals surface area contributed by atoms with E-state index in [9.17, 15) is 5.11 Å². The summed E-state index contributed by atoms with van der Waals surface area (Å²) < 4.78 is 6.54. The van der Waals surface area contributed by atoms with Crippen LogP contribution in [0.3, 0.4) is 0 Å². The molecule has 2 aliphatic heterocycles. The van der Waals surface area contributed by atoms with Gasteiger partial charge in [0.25, 0.3) is 0 Å². The van der Waals surface area contributed by atoms with E-state index in [4.69, 9.17) is 4.74 Å². The van der Waals surface area contributed by atoms with Crippen molar-refractivity contribution in [2.24, 2.45) is 17.3 Å². The fraction of sp³-hybridized carbons (Fsp3) is 0.361. The van der Waals surface area contributed by atoms with Crippen LogP contribution in [-0.4, -0.2) is 40.8 Å². The lowest BCUT2D eigenvalue weighted by molar-refractivity contribution is -0.976. The van der Waals surface area contributed by atoms with E-state index in [2.05, 4.69) is 72.6 Å². The Bertz CT molecular complexity index is 1730. The molecule has 4 nitrogen and oxygen atoms in total. The average Bonchev–Trinajstić information content (AvgIpc) is 3.69. The van der Waals surface area contributed by atoms with E-state index >= 15 is 0 Å². The number of nitrogens with zero attached hydrogens (tertiary/aromatic N) is 2. The van der Waals surface area contributed by atoms with Crippen molar-refractivity contribution >= 4 is 32.4 Å². The van der Waals surface area contributed by atoms with Gasteiger partial charge in [0, 0.05) is 35.9 Å². The Labute approximate surface area is 235 Å². The van der Waals surface area contributed by atoms with E-state index in [1.165, 1.54) is 46.5 Å². The van der Waals surface area contributed by atoms with Crippen LogP contribution in [-0.2, 0) is 6.54 Å². The minimum absolute atomic E-state index is 0.137. The zero-order valence-corrected chi connectivity index (χ0v) is 23.4. The molecule has 0 amide bonds. The van der Waals surface area contributed by atoms with Gasteiger partial charge in [0.15, 0.2) is 0 Å². The Kier molecular flexibility index (Phi) is 5.33. The molecule has 4 heteroatoms. The Morgan fingerprint density at radius 3 is 2.42 bits per heavy atom. The SMILES string of the molecule is CCC12C[C@@H]([C@H](O)c3ccnc4ccc(OC)cc34)[N+]3(Cc4c5ccccc5cc5ccccc45)CCC1C2C3. The van der Waals surface area contributed by atoms with E-state index in [0.29, 0.717) is 5.41 Å². The second kappa shape index (κ2) is 8.76. The number of quaternary nitrogens is 1. The summed E-state index contributed by atoms with van der Waals surface area (Å²) in [7, 11) is 1.70. The van der Waals surface area contributed by atoms with Gasteiger partial charge in [0.05, 0.1) is 25.7 Å². The molecule has 0 radical (unpaired) electrons. The number of aliphatic hydroxyl groups is 1. The molecular formula is C36H37N2O2+. The van der Waals surface area contributed by atoms with Gasteiger partial charge in [0.1, 0.15) is 24.4 Å². The molecule has 2 saturated heterocycles. The number of methoxy groups -OCH3 is 1. The number of fused-ring (bicyclic) bond motifs is 5. The quantitative estimate of drug-likeness (QED) is 0.184. The molecule has 8 rings (SSSR count). The van der Waals surface area contributed by atoms with Crippen LogP contribution in [0.5, 0.6) is 5.75 Å². The van der Waals surface area contributed by atoms with E-state index in [-0.39, 0.29) is 6.04 Å². The van der Waals surface area contributed by atoms with Gasteiger partial charge in [-0.05, 0) is 75.2 Å². The molecule has 1 aliphatic carbocycles. The van der Waals surface area contributed by atoms with Crippen LogP contribution in [0.2, 0.25) is 0 Å². The molecule has 0 spiro atoms. The minimum atomic E-state index is -0.567. The summed E-state index contributed by atoms with van der Waals surface area (Å²) in [5, 5.41) is 18.8. The van der Waals surface area contributed by atoms with Gasteiger partial charge >= 0.3 is 0 Å². The Morgan fingerprint density at radius 2 is 1.70 bits per heavy atom. The molecular weight excluding hydrogens is 492 g/mol. The molecule has 40 heavy (non-hydrogen) atoms. The standard InChI is InChI=1S/C36H37N2O2/c1-3-36-20-34(35(39)28-14-16-37-33-13-12-25(40-2)19-29(28)33)38(17-15-31(36)32(36)22-38)21-30-26-10-6-4-8-23(26)18-24-9-5-7-11-27(24)30/h4-14,16,18-19,31-32,34-35,39H,3,15,17,20-22H2,1-2H3/q+1/t31?,32?,34-,35+,36?,38?/m0/s1. The highest BCUT2D eigenvalue weighted by molar-refractivity contribution is 6.02. The second-order valence-electron chi connectivity index (χ2n) is 12.7. The number of aromatic nitrogens is 1. The Balaban J connectivity index is 1.30. The fourth-order valence-corrected chi connectivity index (χ4v) is 9.21. The summed E-state index contributed by atoms with van der Waals surface area (Å²) >= 11 is 0. The van der Waals surface area contributed by atoms with Crippen LogP contribution in [0.1, 0.15) is 43.4 Å². The Hall–Kier alpha value is -3.47. The van der Waals surface area contributed by atoms with Gasteiger partial charge in [-0.3, -0.25) is 4.98 Å². The van der Waals surface area contributed by atoms with Crippen molar-refractivity contribution in [3.63, 3.8) is 0 Å². The van der Waals surface area contributed by atoms with Gasteiger partial charge in [-0.25, -0.2) is 0 Å². The highest BCUT2D eigenvalue weighted by Gasteiger charge is 2.74. The van der Waals surface area contributed by atoms with Crippen molar-refractivity contribution in [3.8, 4) is 5.75 Å². The summed E-state index contributed by atoms with van der Waals surface area (Å²) in [6, 6.07) is 28.3. The third-order valence-electron chi connectivity index (χ3n) is 11.3. The lowest BCUT2D eigenvalue weighted by Gasteiger charge is -2.51. The van der Waals surface area contributed by atoms with Crippen molar-refractivity contribution in [2.45, 2.75) is 44.9 Å². The van der Waals surface area contributed by atoms with Gasteiger partial charge in [-0.2, -0.15) is 0 Å². The molecule has 202 valence electrons. The zero-order chi connectivity index (χ0) is 27.1. The van der Waals surface area contributed by atoms with Crippen molar-refractivity contribution in [1.82, 2.24) is 4.98 Å². The first-order valence-corrected chi connectivity index (χ1v) is 14.9. The fourth-order valence-electron chi connectivity index (χ4n) is 9.21. The molecule has 3 fully saturated rings. The average molecular weight is 530 g/mol. The third-order valence-corrected chi connectivity index (χ3v) is 11.3. The second-order valence-corrected chi connectivity index (χ2v) is 12.7. The van der Waals surface area contributed by atoms with Crippen LogP contribution in [0, 0.1) is 17.3 Å². The van der Waals surface area contributed by atoms with E-state index in [1.807, 2.05) is 24.4 Å². The van der Waals surface area contributed by atoms with Gasteiger partial charge in [-0.1, -0.05) is 55.5 Å². The zero-order valence-electron chi connectivity index (χ0n) is 23.4. The monoisotopic (exact) mass is 529 g/mol. The Morgan fingerprint density at radius 1 is 0.950 bits per heavy atom. The lowest BCUT2D eigenvalue weighted by Crippen LogP contribution is -2.62. The first-order valence-electron chi connectivity index (χ1n) is 14.9. The number of benzene rings is 4. The molecule has 5 aromatic rings. The summed E-state index contributed by atoms with van der Waals surface area (Å²) in [5.41, 5.74) is 3.73. The van der Waals surface area contributed by atoms with Crippen molar-refractivity contribution < 1.29 is 14.3 Å². The number of rotatable bonds is 6. The van der Waals surface area contributed by atoms with Crippen LogP contribution in [0.15, 0.2) is 85.1 Å². The van der Waals surface area contributed by atoms with Crippen molar-refractivity contribution in [2.75, 3.05) is 20.2 Å². The van der Waals surface area contributed by atoms with E-state index in [0.717, 1.165) is 58.0 Å². The summed E-state index contributed by atoms with van der Waals surface area (Å²) in [4.78, 5) is 4.63. The highest BCUT2D eigenvalue weighted by Crippen LogP contribution is 2.72. The molecule has 3 heterocycles. The van der Waals surface area contributed by atoms with Crippen LogP contribution >= 0.6 is 0 Å². The van der Waals surface area contributed by atoms with Gasteiger partial charge < -0.3 is 14.3 Å². The normalized spacial score (nSPS) is 29.5. The molecule has 6 atom stereocenters. The smallest absolute Gasteiger partial charge is 0.131 e. The molecule has 1 saturated carbocycles. The lowest BCUT2D eigenvalue weighted by atomic mass is 9.80. The predicted octanol–water partition coefficient (Wildman–Crippen LogP) is 7.42. The van der Waals surface area contributed by atoms with Gasteiger partial charge in [-0.15, -0.1) is 0 Å². The van der Waals surface area contributed by atoms with Gasteiger partial charge in [0.2, 0.25) is 0 Å². The molecule has 3 aliphatic rings. The maximum absolute atomic E-state index is 12.5. The van der Waals surface area contributed by atoms with Crippen LogP contribution < -0.4 is 4.74 Å². The van der Waals surface area contributed by atoms with Crippen molar-refractivity contribution in [1.29, 1.82) is 0 Å². The number of ether oxygens (including phenoxy) is 1. The molecule has 2 bridgehead atoms. The summed E-state index contributed by atoms with van der Waals surface area (Å²) in [6.07, 6.45) is 4.88. The van der Waals surface area contributed by atoms with E-state index in [1.54, 1.807) is 7.11 Å². The maximum atomic E-state index is 12.5. The number of hydrogen-bond acceptors (Lipinski definition) is 3.